The molecule has 2 aliphatic rings. The van der Waals surface area contributed by atoms with E-state index in [1.165, 1.54) is 18.1 Å². The Labute approximate surface area is 175 Å². The number of nitrogens with two attached hydrogens (primary N) is 1. The standard InChI is InChI=1S/C20H30N4O6/c1-19(2,3)29-17(26)23-7-5-20(6-8-23)10-13(11-20)12-24(18(27)28-4)15-9-14(16(21)25)22-30-15/h9,13H,5-8,10-12H2,1-4H3,(H2,21,25). The Bertz CT molecular complexity index is 798. The summed E-state index contributed by atoms with van der Waals surface area (Å²) in [6, 6.07) is 1.34. The van der Waals surface area contributed by atoms with Crippen LogP contribution in [0.15, 0.2) is 10.6 Å². The van der Waals surface area contributed by atoms with Crippen molar-refractivity contribution in [3.63, 3.8) is 0 Å². The maximum Gasteiger partial charge on any atom is 0.416 e. The van der Waals surface area contributed by atoms with E-state index >= 15 is 0 Å². The zero-order valence-electron chi connectivity index (χ0n) is 18.0. The molecule has 0 radical (unpaired) electrons. The van der Waals surface area contributed by atoms with Gasteiger partial charge in [-0.2, -0.15) is 0 Å². The van der Waals surface area contributed by atoms with Crippen LogP contribution in [0.2, 0.25) is 0 Å². The van der Waals surface area contributed by atoms with E-state index in [1.807, 2.05) is 20.8 Å². The van der Waals surface area contributed by atoms with Crippen molar-refractivity contribution in [3.8, 4) is 0 Å². The maximum absolute atomic E-state index is 12.3. The number of carbonyl (C=O) groups is 3. The van der Waals surface area contributed by atoms with Crippen molar-refractivity contribution in [3.05, 3.63) is 11.8 Å². The van der Waals surface area contributed by atoms with E-state index in [2.05, 4.69) is 5.16 Å². The molecule has 10 heteroatoms. The molecule has 0 bridgehead atoms. The van der Waals surface area contributed by atoms with E-state index in [0.29, 0.717) is 19.6 Å². The molecule has 2 N–H and O–H groups in total. The van der Waals surface area contributed by atoms with Crippen molar-refractivity contribution in [2.75, 3.05) is 31.6 Å². The molecule has 0 atom stereocenters. The van der Waals surface area contributed by atoms with Crippen molar-refractivity contribution in [2.24, 2.45) is 17.1 Å². The Morgan fingerprint density at radius 1 is 1.30 bits per heavy atom. The zero-order chi connectivity index (χ0) is 22.1. The molecule has 0 unspecified atom stereocenters. The van der Waals surface area contributed by atoms with E-state index in [4.69, 9.17) is 19.7 Å². The predicted molar refractivity (Wildman–Crippen MR) is 107 cm³/mol. The third-order valence-electron chi connectivity index (χ3n) is 5.77. The molecule has 1 saturated carbocycles. The van der Waals surface area contributed by atoms with Gasteiger partial charge in [-0.3, -0.25) is 4.79 Å². The number of piperidine rings is 1. The summed E-state index contributed by atoms with van der Waals surface area (Å²) >= 11 is 0. The first-order valence-electron chi connectivity index (χ1n) is 10.1. The monoisotopic (exact) mass is 422 g/mol. The number of methoxy groups -OCH3 is 1. The van der Waals surface area contributed by atoms with Crippen LogP contribution < -0.4 is 10.6 Å². The van der Waals surface area contributed by atoms with Crippen LogP contribution in [0.5, 0.6) is 0 Å². The SMILES string of the molecule is COC(=O)N(CC1CC2(CCN(C(=O)OC(C)(C)C)CC2)C1)c1cc(C(N)=O)no1. The van der Waals surface area contributed by atoms with Crippen molar-refractivity contribution in [1.82, 2.24) is 10.1 Å². The summed E-state index contributed by atoms with van der Waals surface area (Å²) in [5.41, 5.74) is 4.84. The number of carbonyl (C=O) groups excluding carboxylic acids is 3. The van der Waals surface area contributed by atoms with Gasteiger partial charge in [0.05, 0.1) is 7.11 Å². The Morgan fingerprint density at radius 2 is 1.93 bits per heavy atom. The van der Waals surface area contributed by atoms with Gasteiger partial charge in [0.2, 0.25) is 5.88 Å². The zero-order valence-corrected chi connectivity index (χ0v) is 18.0. The summed E-state index contributed by atoms with van der Waals surface area (Å²) in [5.74, 6) is -0.329. The van der Waals surface area contributed by atoms with Gasteiger partial charge in [-0.05, 0) is 57.8 Å². The highest BCUT2D eigenvalue weighted by atomic mass is 16.6. The summed E-state index contributed by atoms with van der Waals surface area (Å²) < 4.78 is 15.4. The molecular weight excluding hydrogens is 392 g/mol. The topological polar surface area (TPSA) is 128 Å². The number of hydrogen-bond acceptors (Lipinski definition) is 7. The minimum absolute atomic E-state index is 0.0431. The van der Waals surface area contributed by atoms with Crippen LogP contribution in [-0.2, 0) is 9.47 Å². The molecule has 2 fully saturated rings. The number of anilines is 1. The first-order valence-corrected chi connectivity index (χ1v) is 10.1. The van der Waals surface area contributed by atoms with Gasteiger partial charge in [0.25, 0.3) is 5.91 Å². The predicted octanol–water partition coefficient (Wildman–Crippen LogP) is 2.77. The maximum atomic E-state index is 12.3. The highest BCUT2D eigenvalue weighted by Gasteiger charge is 2.47. The molecule has 3 rings (SSSR count). The molecule has 1 saturated heterocycles. The number of likely N-dealkylation sites (tertiary alicyclic amines) is 1. The molecule has 166 valence electrons. The minimum Gasteiger partial charge on any atom is -0.452 e. The average Bonchev–Trinajstić information content (AvgIpc) is 3.13. The molecule has 2 heterocycles. The lowest BCUT2D eigenvalue weighted by Gasteiger charge is -2.52. The van der Waals surface area contributed by atoms with Gasteiger partial charge in [-0.15, -0.1) is 0 Å². The summed E-state index contributed by atoms with van der Waals surface area (Å²) in [5, 5.41) is 3.59. The van der Waals surface area contributed by atoms with Crippen LogP contribution in [-0.4, -0.2) is 60.5 Å². The molecule has 3 amide bonds. The molecule has 1 aliphatic heterocycles. The summed E-state index contributed by atoms with van der Waals surface area (Å²) in [6.45, 7) is 7.33. The number of amides is 3. The van der Waals surface area contributed by atoms with Gasteiger partial charge in [-0.1, -0.05) is 5.16 Å². The van der Waals surface area contributed by atoms with E-state index in [0.717, 1.165) is 25.7 Å². The smallest absolute Gasteiger partial charge is 0.416 e. The van der Waals surface area contributed by atoms with E-state index in [-0.39, 0.29) is 29.0 Å². The van der Waals surface area contributed by atoms with E-state index in [9.17, 15) is 14.4 Å². The third-order valence-corrected chi connectivity index (χ3v) is 5.77. The quantitative estimate of drug-likeness (QED) is 0.790. The number of aromatic nitrogens is 1. The van der Waals surface area contributed by atoms with Crippen LogP contribution in [0.3, 0.4) is 0 Å². The molecule has 1 aromatic heterocycles. The van der Waals surface area contributed by atoms with Gasteiger partial charge in [-0.25, -0.2) is 14.5 Å². The van der Waals surface area contributed by atoms with Gasteiger partial charge in [0.15, 0.2) is 5.69 Å². The molecule has 30 heavy (non-hydrogen) atoms. The molecular formula is C20H30N4O6. The first kappa shape index (κ1) is 21.9. The van der Waals surface area contributed by atoms with Crippen molar-refractivity contribution >= 4 is 24.0 Å². The fourth-order valence-electron chi connectivity index (χ4n) is 4.32. The van der Waals surface area contributed by atoms with Crippen LogP contribution in [0.25, 0.3) is 0 Å². The number of primary amides is 1. The second-order valence-electron chi connectivity index (χ2n) is 9.24. The fourth-order valence-corrected chi connectivity index (χ4v) is 4.32. The lowest BCUT2D eigenvalue weighted by atomic mass is 9.57. The minimum atomic E-state index is -0.728. The Hall–Kier alpha value is -2.78. The van der Waals surface area contributed by atoms with Crippen LogP contribution in [0, 0.1) is 11.3 Å². The van der Waals surface area contributed by atoms with E-state index in [1.54, 1.807) is 4.90 Å². The fraction of sp³-hybridized carbons (Fsp3) is 0.700. The Morgan fingerprint density at radius 3 is 2.43 bits per heavy atom. The second kappa shape index (κ2) is 8.16. The molecule has 1 aromatic rings. The number of hydrogen-bond donors (Lipinski definition) is 1. The summed E-state index contributed by atoms with van der Waals surface area (Å²) in [7, 11) is 1.29. The van der Waals surface area contributed by atoms with Crippen molar-refractivity contribution in [1.29, 1.82) is 0 Å². The highest BCUT2D eigenvalue weighted by molar-refractivity contribution is 5.93. The van der Waals surface area contributed by atoms with Crippen LogP contribution in [0.1, 0.15) is 56.9 Å². The normalized spacial score (nSPS) is 18.6. The average molecular weight is 422 g/mol. The third kappa shape index (κ3) is 4.85. The van der Waals surface area contributed by atoms with E-state index < -0.39 is 17.6 Å². The van der Waals surface area contributed by atoms with Crippen molar-refractivity contribution < 1.29 is 28.4 Å². The van der Waals surface area contributed by atoms with Crippen molar-refractivity contribution in [2.45, 2.75) is 52.1 Å². The van der Waals surface area contributed by atoms with Gasteiger partial charge in [0.1, 0.15) is 5.60 Å². The van der Waals surface area contributed by atoms with Crippen LogP contribution in [0.4, 0.5) is 15.5 Å². The highest BCUT2D eigenvalue weighted by Crippen LogP contribution is 2.53. The largest absolute Gasteiger partial charge is 0.452 e. The van der Waals surface area contributed by atoms with Crippen LogP contribution >= 0.6 is 0 Å². The second-order valence-corrected chi connectivity index (χ2v) is 9.24. The summed E-state index contributed by atoms with van der Waals surface area (Å²) in [6.07, 6.45) is 2.87. The lowest BCUT2D eigenvalue weighted by Crippen LogP contribution is -2.52. The molecule has 1 aliphatic carbocycles. The number of nitrogens with zero attached hydrogens (tertiary/aromatic N) is 3. The number of rotatable bonds is 4. The number of ether oxygens (including phenoxy) is 2. The molecule has 1 spiro atoms. The van der Waals surface area contributed by atoms with Gasteiger partial charge in [0, 0.05) is 25.7 Å². The summed E-state index contributed by atoms with van der Waals surface area (Å²) in [4.78, 5) is 38.8. The Kier molecular flexibility index (Phi) is 5.96. The molecule has 0 aromatic carbocycles. The van der Waals surface area contributed by atoms with Gasteiger partial charge < -0.3 is 24.6 Å². The van der Waals surface area contributed by atoms with Gasteiger partial charge >= 0.3 is 12.2 Å². The first-order chi connectivity index (χ1) is 14.0. The Balaban J connectivity index is 1.54. The molecule has 10 nitrogen and oxygen atoms in total. The lowest BCUT2D eigenvalue weighted by molar-refractivity contribution is -0.0255.